The van der Waals surface area contributed by atoms with Gasteiger partial charge in [0.25, 0.3) is 5.69 Å². The highest BCUT2D eigenvalue weighted by Crippen LogP contribution is 2.41. The van der Waals surface area contributed by atoms with Gasteiger partial charge in [-0.3, -0.25) is 10.1 Å². The maximum Gasteiger partial charge on any atom is 0.274 e. The van der Waals surface area contributed by atoms with Crippen molar-refractivity contribution in [3.05, 3.63) is 34.1 Å². The molecule has 114 valence electrons. The van der Waals surface area contributed by atoms with Crippen LogP contribution in [-0.4, -0.2) is 11.0 Å². The van der Waals surface area contributed by atoms with Gasteiger partial charge >= 0.3 is 0 Å². The maximum absolute atomic E-state index is 13.5. The lowest BCUT2D eigenvalue weighted by atomic mass is 9.69. The van der Waals surface area contributed by atoms with Crippen molar-refractivity contribution in [2.24, 2.45) is 11.8 Å². The zero-order valence-electron chi connectivity index (χ0n) is 12.1. The molecular weight excluding hydrogens is 271 g/mol. The lowest BCUT2D eigenvalue weighted by Crippen LogP contribution is -2.34. The van der Waals surface area contributed by atoms with Crippen molar-refractivity contribution in [1.29, 1.82) is 0 Å². The molecule has 0 radical (unpaired) electrons. The smallest absolute Gasteiger partial charge is 0.274 e. The second-order valence-electron chi connectivity index (χ2n) is 6.41. The number of fused-ring (bicyclic) bond motifs is 1. The van der Waals surface area contributed by atoms with Crippen molar-refractivity contribution in [1.82, 2.24) is 0 Å². The molecule has 0 heterocycles. The van der Waals surface area contributed by atoms with Crippen molar-refractivity contribution in [3.63, 3.8) is 0 Å². The van der Waals surface area contributed by atoms with Gasteiger partial charge in [0.15, 0.2) is 0 Å². The van der Waals surface area contributed by atoms with Crippen LogP contribution in [0.4, 0.5) is 15.8 Å². The molecule has 1 N–H and O–H groups in total. The fraction of sp³-hybridized carbons (Fsp3) is 0.625. The fourth-order valence-corrected chi connectivity index (χ4v) is 4.00. The summed E-state index contributed by atoms with van der Waals surface area (Å²) in [6.45, 7) is 0. The third kappa shape index (κ3) is 3.34. The number of nitro benzene ring substituents is 1. The first-order valence-electron chi connectivity index (χ1n) is 7.83. The molecule has 3 unspecified atom stereocenters. The highest BCUT2D eigenvalue weighted by molar-refractivity contribution is 5.52. The molecule has 0 bridgehead atoms. The Hall–Kier alpha value is -1.65. The molecule has 4 nitrogen and oxygen atoms in total. The largest absolute Gasteiger partial charge is 0.382 e. The van der Waals surface area contributed by atoms with Crippen LogP contribution in [0.3, 0.4) is 0 Å². The topological polar surface area (TPSA) is 55.2 Å². The minimum Gasteiger partial charge on any atom is -0.382 e. The van der Waals surface area contributed by atoms with Gasteiger partial charge in [-0.25, -0.2) is 4.39 Å². The average molecular weight is 292 g/mol. The Morgan fingerprint density at radius 3 is 2.62 bits per heavy atom. The molecule has 21 heavy (non-hydrogen) atoms. The summed E-state index contributed by atoms with van der Waals surface area (Å²) >= 11 is 0. The summed E-state index contributed by atoms with van der Waals surface area (Å²) in [7, 11) is 0. The zero-order valence-corrected chi connectivity index (χ0v) is 12.1. The van der Waals surface area contributed by atoms with E-state index in [1.165, 1.54) is 44.2 Å². The summed E-state index contributed by atoms with van der Waals surface area (Å²) in [5.74, 6) is 1.07. The molecule has 2 saturated carbocycles. The Morgan fingerprint density at radius 1 is 1.10 bits per heavy atom. The van der Waals surface area contributed by atoms with E-state index in [1.54, 1.807) is 0 Å². The Labute approximate surface area is 123 Å². The monoisotopic (exact) mass is 292 g/mol. The van der Waals surface area contributed by atoms with Crippen LogP contribution in [0.15, 0.2) is 18.2 Å². The third-order valence-electron chi connectivity index (χ3n) is 5.00. The van der Waals surface area contributed by atoms with E-state index in [0.29, 0.717) is 11.7 Å². The molecule has 2 fully saturated rings. The number of hydrogen-bond donors (Lipinski definition) is 1. The minimum absolute atomic E-state index is 0.191. The number of nitrogens with zero attached hydrogens (tertiary/aromatic N) is 1. The van der Waals surface area contributed by atoms with Crippen LogP contribution in [0.25, 0.3) is 0 Å². The fourth-order valence-electron chi connectivity index (χ4n) is 4.00. The lowest BCUT2D eigenvalue weighted by molar-refractivity contribution is -0.385. The highest BCUT2D eigenvalue weighted by atomic mass is 19.1. The van der Waals surface area contributed by atoms with Gasteiger partial charge in [0.05, 0.1) is 11.0 Å². The Bertz CT molecular complexity index is 535. The number of nitrogens with one attached hydrogen (secondary N) is 1. The van der Waals surface area contributed by atoms with Gasteiger partial charge in [0, 0.05) is 17.8 Å². The van der Waals surface area contributed by atoms with E-state index in [-0.39, 0.29) is 5.69 Å². The molecule has 1 aromatic rings. The number of rotatable bonds is 3. The van der Waals surface area contributed by atoms with Crippen LogP contribution < -0.4 is 5.32 Å². The normalized spacial score (nSPS) is 28.7. The highest BCUT2D eigenvalue weighted by Gasteiger charge is 2.32. The first-order valence-corrected chi connectivity index (χ1v) is 7.83. The summed E-state index contributed by atoms with van der Waals surface area (Å²) in [6.07, 6.45) is 8.73. The first kappa shape index (κ1) is 14.3. The van der Waals surface area contributed by atoms with Gasteiger partial charge in [-0.05, 0) is 37.2 Å². The molecule has 0 aliphatic heterocycles. The standard InChI is InChI=1S/C16H21FN2O2/c17-13-8-15(10-16(9-13)19(20)21)18-14-6-5-11-3-1-2-4-12(11)7-14/h8-12,14,18H,1-7H2. The predicted octanol–water partition coefficient (Wildman–Crippen LogP) is 4.50. The molecule has 0 spiro atoms. The van der Waals surface area contributed by atoms with E-state index in [2.05, 4.69) is 5.32 Å². The molecule has 0 amide bonds. The number of benzene rings is 1. The minimum atomic E-state index is -0.557. The van der Waals surface area contributed by atoms with E-state index in [1.807, 2.05) is 0 Å². The van der Waals surface area contributed by atoms with Crippen LogP contribution in [0, 0.1) is 27.8 Å². The molecule has 3 atom stereocenters. The van der Waals surface area contributed by atoms with Crippen molar-refractivity contribution in [2.45, 2.75) is 51.0 Å². The SMILES string of the molecule is O=[N+]([O-])c1cc(F)cc(NC2CCC3CCCCC3C2)c1. The van der Waals surface area contributed by atoms with E-state index in [9.17, 15) is 14.5 Å². The summed E-state index contributed by atoms with van der Waals surface area (Å²) < 4.78 is 13.5. The quantitative estimate of drug-likeness (QED) is 0.659. The van der Waals surface area contributed by atoms with Crippen LogP contribution >= 0.6 is 0 Å². The van der Waals surface area contributed by atoms with Gasteiger partial charge in [-0.2, -0.15) is 0 Å². The number of halogens is 1. The van der Waals surface area contributed by atoms with Gasteiger partial charge in [0.1, 0.15) is 5.82 Å². The van der Waals surface area contributed by atoms with Crippen molar-refractivity contribution < 1.29 is 9.31 Å². The van der Waals surface area contributed by atoms with Gasteiger partial charge in [0.2, 0.25) is 0 Å². The first-order chi connectivity index (χ1) is 10.1. The summed E-state index contributed by atoms with van der Waals surface area (Å²) in [5, 5.41) is 14.1. The van der Waals surface area contributed by atoms with E-state index >= 15 is 0 Å². The van der Waals surface area contributed by atoms with Crippen LogP contribution in [0.5, 0.6) is 0 Å². The molecule has 3 rings (SSSR count). The zero-order chi connectivity index (χ0) is 14.8. The van der Waals surface area contributed by atoms with Crippen molar-refractivity contribution in [3.8, 4) is 0 Å². The Kier molecular flexibility index (Phi) is 4.08. The van der Waals surface area contributed by atoms with Gasteiger partial charge < -0.3 is 5.32 Å². The molecule has 2 aliphatic rings. The van der Waals surface area contributed by atoms with Gasteiger partial charge in [-0.1, -0.05) is 25.7 Å². The molecule has 1 aromatic carbocycles. The molecule has 5 heteroatoms. The molecule has 2 aliphatic carbocycles. The second kappa shape index (κ2) is 6.00. The van der Waals surface area contributed by atoms with Crippen LogP contribution in [0.1, 0.15) is 44.9 Å². The molecule has 0 saturated heterocycles. The Balaban J connectivity index is 1.68. The summed E-state index contributed by atoms with van der Waals surface area (Å²) in [5.41, 5.74) is 0.338. The van der Waals surface area contributed by atoms with E-state index < -0.39 is 10.7 Å². The summed E-state index contributed by atoms with van der Waals surface area (Å²) in [4.78, 5) is 10.2. The third-order valence-corrected chi connectivity index (χ3v) is 5.00. The van der Waals surface area contributed by atoms with Gasteiger partial charge in [-0.15, -0.1) is 0 Å². The number of hydrogen-bond acceptors (Lipinski definition) is 3. The maximum atomic E-state index is 13.5. The van der Waals surface area contributed by atoms with Crippen LogP contribution in [0.2, 0.25) is 0 Å². The van der Waals surface area contributed by atoms with E-state index in [4.69, 9.17) is 0 Å². The molecule has 0 aromatic heterocycles. The van der Waals surface area contributed by atoms with Crippen molar-refractivity contribution >= 4 is 11.4 Å². The summed E-state index contributed by atoms with van der Waals surface area (Å²) in [6, 6.07) is 4.05. The number of non-ortho nitro benzene ring substituents is 1. The van der Waals surface area contributed by atoms with Crippen LogP contribution in [-0.2, 0) is 0 Å². The lowest BCUT2D eigenvalue weighted by Gasteiger charge is -2.39. The number of nitro groups is 1. The molecular formula is C16H21FN2O2. The number of anilines is 1. The Morgan fingerprint density at radius 2 is 1.86 bits per heavy atom. The van der Waals surface area contributed by atoms with E-state index in [0.717, 1.165) is 30.7 Å². The second-order valence-corrected chi connectivity index (χ2v) is 6.41. The van der Waals surface area contributed by atoms with Crippen molar-refractivity contribution in [2.75, 3.05) is 5.32 Å². The average Bonchev–Trinajstić information content (AvgIpc) is 2.46. The predicted molar refractivity (Wildman–Crippen MR) is 79.8 cm³/mol.